The quantitative estimate of drug-likeness (QED) is 0.534. The maximum absolute atomic E-state index is 5.82. The zero-order valence-electron chi connectivity index (χ0n) is 6.15. The summed E-state index contributed by atoms with van der Waals surface area (Å²) in [5.41, 5.74) is 1.59. The van der Waals surface area contributed by atoms with Gasteiger partial charge in [-0.15, -0.1) is 0 Å². The van der Waals surface area contributed by atoms with E-state index in [1.807, 2.05) is 0 Å². The average molecular weight is 343 g/mol. The van der Waals surface area contributed by atoms with Gasteiger partial charge in [-0.1, -0.05) is 0 Å². The van der Waals surface area contributed by atoms with Gasteiger partial charge in [-0.25, -0.2) is 0 Å². The summed E-state index contributed by atoms with van der Waals surface area (Å²) in [7, 11) is 5.82. The first-order chi connectivity index (χ1) is 4.88. The Balaban J connectivity index is 2.57. The first kappa shape index (κ1) is 8.80. The molecule has 1 rings (SSSR count). The van der Waals surface area contributed by atoms with Crippen molar-refractivity contribution in [3.8, 4) is 0 Å². The van der Waals surface area contributed by atoms with E-state index in [2.05, 4.69) is 16.2 Å². The van der Waals surface area contributed by atoms with Gasteiger partial charge < -0.3 is 0 Å². The zero-order chi connectivity index (χ0) is 7.40. The molecule has 10 heavy (non-hydrogen) atoms. The molecule has 0 radical (unpaired) electrons. The van der Waals surface area contributed by atoms with Crippen LogP contribution in [-0.2, 0) is 23.3 Å². The molecule has 52 valence electrons. The van der Waals surface area contributed by atoms with Crippen LogP contribution in [-0.4, -0.2) is 0 Å². The molecule has 1 saturated carbocycles. The van der Waals surface area contributed by atoms with Gasteiger partial charge >= 0.3 is 78.6 Å². The Bertz CT molecular complexity index is 151. The van der Waals surface area contributed by atoms with Gasteiger partial charge in [0.1, 0.15) is 0 Å². The predicted molar refractivity (Wildman–Crippen MR) is 41.5 cm³/mol. The number of hydrogen-bond acceptors (Lipinski definition) is 0. The topological polar surface area (TPSA) is 0 Å². The monoisotopic (exact) mass is 344 g/mol. The van der Waals surface area contributed by atoms with Crippen molar-refractivity contribution in [2.24, 2.45) is 5.92 Å². The molecule has 0 nitrogen and oxygen atoms in total. The van der Waals surface area contributed by atoms with E-state index in [4.69, 9.17) is 8.25 Å². The second kappa shape index (κ2) is 4.56. The molecular formula is C8H11ClHg. The minimum absolute atomic E-state index is 0.679. The SMILES string of the molecule is C=CC1CCC/C1=[CH]\[Hg][Cl]. The van der Waals surface area contributed by atoms with Gasteiger partial charge in [0.25, 0.3) is 0 Å². The molecule has 0 N–H and O–H groups in total. The van der Waals surface area contributed by atoms with Gasteiger partial charge in [-0.2, -0.15) is 0 Å². The van der Waals surface area contributed by atoms with Crippen molar-refractivity contribution in [3.05, 3.63) is 21.8 Å². The normalized spacial score (nSPS) is 28.5. The number of rotatable bonds is 2. The van der Waals surface area contributed by atoms with Crippen LogP contribution in [0.5, 0.6) is 0 Å². The Morgan fingerprint density at radius 2 is 2.50 bits per heavy atom. The summed E-state index contributed by atoms with van der Waals surface area (Å²) in [5, 5.41) is 0. The van der Waals surface area contributed by atoms with Crippen LogP contribution in [0.3, 0.4) is 0 Å². The molecule has 0 spiro atoms. The van der Waals surface area contributed by atoms with Crippen molar-refractivity contribution in [2.45, 2.75) is 19.3 Å². The van der Waals surface area contributed by atoms with E-state index in [9.17, 15) is 0 Å². The third-order valence-electron chi connectivity index (χ3n) is 2.08. The molecule has 0 aromatic rings. The Kier molecular flexibility index (Phi) is 4.01. The van der Waals surface area contributed by atoms with E-state index in [1.54, 1.807) is 5.57 Å². The fourth-order valence-corrected chi connectivity index (χ4v) is 6.00. The Labute approximate surface area is 78.2 Å². The summed E-state index contributed by atoms with van der Waals surface area (Å²) >= 11 is -1.02. The zero-order valence-corrected chi connectivity index (χ0v) is 12.4. The summed E-state index contributed by atoms with van der Waals surface area (Å²) in [5.74, 6) is 0.679. The Morgan fingerprint density at radius 1 is 1.70 bits per heavy atom. The molecule has 2 heteroatoms. The number of halogens is 1. The van der Waals surface area contributed by atoms with E-state index < -0.39 is 23.3 Å². The van der Waals surface area contributed by atoms with Crippen LogP contribution in [0, 0.1) is 5.92 Å². The molecule has 1 atom stereocenters. The fourth-order valence-electron chi connectivity index (χ4n) is 1.52. The number of hydrogen-bond donors (Lipinski definition) is 0. The molecule has 0 saturated heterocycles. The second-order valence-electron chi connectivity index (χ2n) is 2.67. The van der Waals surface area contributed by atoms with Crippen molar-refractivity contribution in [2.75, 3.05) is 0 Å². The van der Waals surface area contributed by atoms with Crippen molar-refractivity contribution >= 4 is 8.25 Å². The van der Waals surface area contributed by atoms with E-state index in [-0.39, 0.29) is 0 Å². The van der Waals surface area contributed by atoms with E-state index >= 15 is 0 Å². The average Bonchev–Trinajstić information content (AvgIpc) is 2.36. The molecule has 1 unspecified atom stereocenters. The van der Waals surface area contributed by atoms with Gasteiger partial charge in [-0.05, 0) is 0 Å². The molecule has 0 bridgehead atoms. The van der Waals surface area contributed by atoms with Crippen LogP contribution in [0.4, 0.5) is 0 Å². The minimum atomic E-state index is -1.02. The standard InChI is InChI=1S/C8H11.ClH.Hg/c1-3-8-6-4-5-7(8)2;;/h2-3,8H,1,4-6H2;1H;/q;;+1/p-1. The Hall–Kier alpha value is 0.705. The molecule has 0 heterocycles. The van der Waals surface area contributed by atoms with Crippen LogP contribution < -0.4 is 0 Å². The molecule has 0 aromatic carbocycles. The van der Waals surface area contributed by atoms with Crippen molar-refractivity contribution in [1.29, 1.82) is 0 Å². The summed E-state index contributed by atoms with van der Waals surface area (Å²) in [4.78, 5) is 0. The summed E-state index contributed by atoms with van der Waals surface area (Å²) < 4.78 is 2.35. The summed E-state index contributed by atoms with van der Waals surface area (Å²) in [6.45, 7) is 3.82. The first-order valence-electron chi connectivity index (χ1n) is 3.76. The molecular weight excluding hydrogens is 332 g/mol. The fraction of sp³-hybridized carbons (Fsp3) is 0.500. The maximum atomic E-state index is 5.82. The molecule has 1 fully saturated rings. The summed E-state index contributed by atoms with van der Waals surface area (Å²) in [6, 6.07) is 0. The Morgan fingerprint density at radius 3 is 3.10 bits per heavy atom. The van der Waals surface area contributed by atoms with Crippen molar-refractivity contribution in [3.63, 3.8) is 0 Å². The van der Waals surface area contributed by atoms with Gasteiger partial charge in [-0.3, -0.25) is 0 Å². The predicted octanol–water partition coefficient (Wildman–Crippen LogP) is 3.09. The van der Waals surface area contributed by atoms with Gasteiger partial charge in [0.15, 0.2) is 0 Å². The summed E-state index contributed by atoms with van der Waals surface area (Å²) in [6.07, 6.45) is 6.00. The van der Waals surface area contributed by atoms with E-state index in [1.165, 1.54) is 19.3 Å². The third kappa shape index (κ3) is 2.10. The number of allylic oxidation sites excluding steroid dienone is 2. The first-order valence-corrected chi connectivity index (χ1v) is 13.7. The van der Waals surface area contributed by atoms with E-state index in [0.717, 1.165) is 0 Å². The van der Waals surface area contributed by atoms with E-state index in [0.29, 0.717) is 5.92 Å². The van der Waals surface area contributed by atoms with Crippen molar-refractivity contribution < 1.29 is 23.3 Å². The third-order valence-corrected chi connectivity index (χ3v) is 6.07. The van der Waals surface area contributed by atoms with Gasteiger partial charge in [0.05, 0.1) is 0 Å². The van der Waals surface area contributed by atoms with Crippen LogP contribution in [0.25, 0.3) is 0 Å². The van der Waals surface area contributed by atoms with Gasteiger partial charge in [0.2, 0.25) is 0 Å². The molecule has 0 amide bonds. The van der Waals surface area contributed by atoms with Crippen molar-refractivity contribution in [1.82, 2.24) is 0 Å². The molecule has 0 aromatic heterocycles. The van der Waals surface area contributed by atoms with Crippen LogP contribution in [0.1, 0.15) is 19.3 Å². The van der Waals surface area contributed by atoms with Gasteiger partial charge in [0, 0.05) is 0 Å². The molecule has 1 aliphatic rings. The second-order valence-corrected chi connectivity index (χ2v) is 8.16. The molecule has 1 aliphatic carbocycles. The van der Waals surface area contributed by atoms with Crippen LogP contribution in [0.15, 0.2) is 21.8 Å². The van der Waals surface area contributed by atoms with Crippen LogP contribution in [0.2, 0.25) is 0 Å². The van der Waals surface area contributed by atoms with Crippen LogP contribution >= 0.6 is 8.25 Å². The molecule has 0 aliphatic heterocycles.